The van der Waals surface area contributed by atoms with Gasteiger partial charge in [-0.1, -0.05) is 62.5 Å². The molecule has 0 aromatic heterocycles. The SMILES string of the molecule is CCCCC#Cc1ccc2cc(C#CCCCC)ccc2c1. The first-order valence-corrected chi connectivity index (χ1v) is 8.35. The maximum absolute atomic E-state index is 3.26. The van der Waals surface area contributed by atoms with E-state index in [9.17, 15) is 0 Å². The van der Waals surface area contributed by atoms with E-state index in [4.69, 9.17) is 0 Å². The second-order valence-electron chi connectivity index (χ2n) is 5.59. The number of unbranched alkanes of at least 4 members (excludes halogenated alkanes) is 4. The van der Waals surface area contributed by atoms with Crippen LogP contribution >= 0.6 is 0 Å². The van der Waals surface area contributed by atoms with Crippen LogP contribution < -0.4 is 0 Å². The van der Waals surface area contributed by atoms with Crippen LogP contribution in [0.15, 0.2) is 36.4 Å². The van der Waals surface area contributed by atoms with Gasteiger partial charge >= 0.3 is 0 Å². The molecule has 0 N–H and O–H groups in total. The zero-order valence-electron chi connectivity index (χ0n) is 13.7. The van der Waals surface area contributed by atoms with Gasteiger partial charge in [-0.2, -0.15) is 0 Å². The molecule has 0 aliphatic heterocycles. The lowest BCUT2D eigenvalue weighted by Crippen LogP contribution is -1.80. The van der Waals surface area contributed by atoms with Crippen LogP contribution in [0.25, 0.3) is 10.8 Å². The predicted octanol–water partition coefficient (Wildman–Crippen LogP) is 5.92. The Hall–Kier alpha value is -2.18. The molecule has 112 valence electrons. The van der Waals surface area contributed by atoms with Gasteiger partial charge in [-0.25, -0.2) is 0 Å². The molecule has 0 bridgehead atoms. The molecule has 0 heterocycles. The number of rotatable bonds is 4. The summed E-state index contributed by atoms with van der Waals surface area (Å²) < 4.78 is 0. The molecular weight excluding hydrogens is 264 g/mol. The Morgan fingerprint density at radius 2 is 1.14 bits per heavy atom. The summed E-state index contributed by atoms with van der Waals surface area (Å²) >= 11 is 0. The summed E-state index contributed by atoms with van der Waals surface area (Å²) in [5.74, 6) is 13.0. The van der Waals surface area contributed by atoms with Gasteiger partial charge in [0.25, 0.3) is 0 Å². The molecule has 2 aromatic carbocycles. The van der Waals surface area contributed by atoms with Crippen LogP contribution in [0.1, 0.15) is 63.5 Å². The number of hydrogen-bond donors (Lipinski definition) is 0. The standard InChI is InChI=1S/C22H24/c1-3-5-7-9-11-19-13-15-22-18-20(12-10-8-6-4-2)14-16-21(22)17-19/h13-18H,3-8H2,1-2H3. The van der Waals surface area contributed by atoms with E-state index in [-0.39, 0.29) is 0 Å². The highest BCUT2D eigenvalue weighted by atomic mass is 14.0. The van der Waals surface area contributed by atoms with Gasteiger partial charge in [-0.05, 0) is 47.9 Å². The second-order valence-corrected chi connectivity index (χ2v) is 5.59. The largest absolute Gasteiger partial charge is 0.0979 e. The van der Waals surface area contributed by atoms with E-state index in [1.807, 2.05) is 0 Å². The van der Waals surface area contributed by atoms with E-state index in [0.717, 1.165) is 24.0 Å². The van der Waals surface area contributed by atoms with Crippen molar-refractivity contribution in [3.05, 3.63) is 47.5 Å². The van der Waals surface area contributed by atoms with Gasteiger partial charge in [0.15, 0.2) is 0 Å². The van der Waals surface area contributed by atoms with Crippen LogP contribution in [-0.4, -0.2) is 0 Å². The molecule has 0 amide bonds. The van der Waals surface area contributed by atoms with E-state index < -0.39 is 0 Å². The van der Waals surface area contributed by atoms with Crippen molar-refractivity contribution in [1.29, 1.82) is 0 Å². The van der Waals surface area contributed by atoms with Gasteiger partial charge in [-0.15, -0.1) is 0 Å². The van der Waals surface area contributed by atoms with Crippen molar-refractivity contribution < 1.29 is 0 Å². The number of benzene rings is 2. The number of fused-ring (bicyclic) bond motifs is 1. The van der Waals surface area contributed by atoms with Crippen molar-refractivity contribution in [1.82, 2.24) is 0 Å². The topological polar surface area (TPSA) is 0 Å². The molecule has 0 fully saturated rings. The van der Waals surface area contributed by atoms with E-state index in [0.29, 0.717) is 0 Å². The summed E-state index contributed by atoms with van der Waals surface area (Å²) in [4.78, 5) is 0. The van der Waals surface area contributed by atoms with Gasteiger partial charge in [0.1, 0.15) is 0 Å². The van der Waals surface area contributed by atoms with E-state index >= 15 is 0 Å². The lowest BCUT2D eigenvalue weighted by atomic mass is 10.0. The summed E-state index contributed by atoms with van der Waals surface area (Å²) in [6, 6.07) is 12.9. The van der Waals surface area contributed by atoms with Crippen LogP contribution in [0.3, 0.4) is 0 Å². The summed E-state index contributed by atoms with van der Waals surface area (Å²) in [5, 5.41) is 2.47. The van der Waals surface area contributed by atoms with Crippen LogP contribution in [-0.2, 0) is 0 Å². The third kappa shape index (κ3) is 4.98. The molecule has 22 heavy (non-hydrogen) atoms. The minimum atomic E-state index is 0.987. The van der Waals surface area contributed by atoms with E-state index in [1.54, 1.807) is 0 Å². The Bertz CT molecular complexity index is 664. The van der Waals surface area contributed by atoms with Crippen LogP contribution in [0.2, 0.25) is 0 Å². The molecule has 0 spiro atoms. The van der Waals surface area contributed by atoms with Crippen molar-refractivity contribution in [3.8, 4) is 23.7 Å². The molecule has 0 heteroatoms. The highest BCUT2D eigenvalue weighted by Gasteiger charge is 1.96. The minimum absolute atomic E-state index is 0.987. The van der Waals surface area contributed by atoms with Crippen molar-refractivity contribution in [2.75, 3.05) is 0 Å². The first kappa shape index (κ1) is 16.2. The molecule has 2 rings (SSSR count). The third-order valence-corrected chi connectivity index (χ3v) is 3.62. The maximum atomic E-state index is 3.26. The fourth-order valence-corrected chi connectivity index (χ4v) is 2.26. The molecule has 0 radical (unpaired) electrons. The Kier molecular flexibility index (Phi) is 6.60. The molecule has 0 nitrogen and oxygen atoms in total. The van der Waals surface area contributed by atoms with Gasteiger partial charge in [0.05, 0.1) is 0 Å². The maximum Gasteiger partial charge on any atom is 0.0251 e. The van der Waals surface area contributed by atoms with E-state index in [1.165, 1.54) is 36.5 Å². The van der Waals surface area contributed by atoms with Crippen molar-refractivity contribution >= 4 is 10.8 Å². The van der Waals surface area contributed by atoms with Gasteiger partial charge in [0.2, 0.25) is 0 Å². The Morgan fingerprint density at radius 1 is 0.682 bits per heavy atom. The molecule has 0 atom stereocenters. The Labute approximate surface area is 134 Å². The molecule has 0 unspecified atom stereocenters. The lowest BCUT2D eigenvalue weighted by molar-refractivity contribution is 0.828. The predicted molar refractivity (Wildman–Crippen MR) is 96.8 cm³/mol. The Balaban J connectivity index is 2.13. The zero-order chi connectivity index (χ0) is 15.6. The van der Waals surface area contributed by atoms with Crippen LogP contribution in [0.5, 0.6) is 0 Å². The highest BCUT2D eigenvalue weighted by molar-refractivity contribution is 5.85. The Morgan fingerprint density at radius 3 is 1.55 bits per heavy atom. The van der Waals surface area contributed by atoms with E-state index in [2.05, 4.69) is 73.9 Å². The van der Waals surface area contributed by atoms with Gasteiger partial charge < -0.3 is 0 Å². The zero-order valence-corrected chi connectivity index (χ0v) is 13.7. The summed E-state index contributed by atoms with van der Waals surface area (Å²) in [6.45, 7) is 4.39. The quantitative estimate of drug-likeness (QED) is 0.483. The summed E-state index contributed by atoms with van der Waals surface area (Å²) in [7, 11) is 0. The van der Waals surface area contributed by atoms with Crippen molar-refractivity contribution in [3.63, 3.8) is 0 Å². The smallest absolute Gasteiger partial charge is 0.0251 e. The van der Waals surface area contributed by atoms with Crippen LogP contribution in [0.4, 0.5) is 0 Å². The summed E-state index contributed by atoms with van der Waals surface area (Å²) in [5.41, 5.74) is 2.20. The average Bonchev–Trinajstić information content (AvgIpc) is 2.55. The van der Waals surface area contributed by atoms with Crippen molar-refractivity contribution in [2.45, 2.75) is 52.4 Å². The lowest BCUT2D eigenvalue weighted by Gasteiger charge is -2.00. The normalized spacial score (nSPS) is 9.73. The second kappa shape index (κ2) is 8.96. The molecule has 0 saturated heterocycles. The van der Waals surface area contributed by atoms with Gasteiger partial charge in [0, 0.05) is 24.0 Å². The minimum Gasteiger partial charge on any atom is -0.0979 e. The monoisotopic (exact) mass is 288 g/mol. The number of hydrogen-bond acceptors (Lipinski definition) is 0. The highest BCUT2D eigenvalue weighted by Crippen LogP contribution is 2.17. The molecule has 0 aliphatic rings. The third-order valence-electron chi connectivity index (χ3n) is 3.62. The fourth-order valence-electron chi connectivity index (χ4n) is 2.26. The summed E-state index contributed by atoms with van der Waals surface area (Å²) in [6.07, 6.45) is 6.74. The van der Waals surface area contributed by atoms with Crippen molar-refractivity contribution in [2.24, 2.45) is 0 Å². The molecular formula is C22H24. The molecule has 0 aliphatic carbocycles. The fraction of sp³-hybridized carbons (Fsp3) is 0.364. The van der Waals surface area contributed by atoms with Crippen LogP contribution in [0, 0.1) is 23.7 Å². The van der Waals surface area contributed by atoms with Gasteiger partial charge in [-0.3, -0.25) is 0 Å². The molecule has 0 saturated carbocycles. The average molecular weight is 288 g/mol. The first-order chi connectivity index (χ1) is 10.8. The first-order valence-electron chi connectivity index (χ1n) is 8.35. The molecule has 2 aromatic rings.